The monoisotopic (exact) mass is 346 g/mol. The molecule has 0 aliphatic carbocycles. The summed E-state index contributed by atoms with van der Waals surface area (Å²) in [6.07, 6.45) is 9.26. The van der Waals surface area contributed by atoms with Crippen LogP contribution in [-0.2, 0) is 15.9 Å². The van der Waals surface area contributed by atoms with E-state index in [4.69, 9.17) is 14.2 Å². The van der Waals surface area contributed by atoms with Crippen molar-refractivity contribution in [3.8, 4) is 5.75 Å². The van der Waals surface area contributed by atoms with Gasteiger partial charge in [0.2, 0.25) is 0 Å². The van der Waals surface area contributed by atoms with Crippen LogP contribution in [0.3, 0.4) is 0 Å². The molecule has 0 aromatic heterocycles. The van der Waals surface area contributed by atoms with Gasteiger partial charge in [0, 0.05) is 6.61 Å². The number of ether oxygens (including phenoxy) is 3. The molecule has 24 heavy (non-hydrogen) atoms. The summed E-state index contributed by atoms with van der Waals surface area (Å²) in [5.41, 5.74) is 1.40. The van der Waals surface area contributed by atoms with Gasteiger partial charge in [-0.2, -0.15) is 0 Å². The molecule has 134 valence electrons. The minimum atomic E-state index is 0. The maximum atomic E-state index is 5.67. The average molecular weight is 346 g/mol. The molecule has 0 aliphatic heterocycles. The molecular formula is C20H35NaO3. The third-order valence-electron chi connectivity index (χ3n) is 3.81. The summed E-state index contributed by atoms with van der Waals surface area (Å²) in [6, 6.07) is 8.48. The normalized spacial score (nSPS) is 10.4. The number of rotatable bonds is 15. The molecule has 0 saturated heterocycles. The predicted octanol–water partition coefficient (Wildman–Crippen LogP) is 4.37. The van der Waals surface area contributed by atoms with Crippen LogP contribution in [0.25, 0.3) is 0 Å². The summed E-state index contributed by atoms with van der Waals surface area (Å²) in [5, 5.41) is 0. The van der Waals surface area contributed by atoms with E-state index in [0.717, 1.165) is 12.4 Å². The SMILES string of the molecule is CCCCCCCCc1ccc(OCCOCCOCC)cc1.[NaH]. The van der Waals surface area contributed by atoms with Crippen molar-refractivity contribution in [1.29, 1.82) is 0 Å². The van der Waals surface area contributed by atoms with E-state index in [1.807, 2.05) is 6.92 Å². The van der Waals surface area contributed by atoms with Gasteiger partial charge in [0.1, 0.15) is 12.4 Å². The first kappa shape index (κ1) is 23.9. The summed E-state index contributed by atoms with van der Waals surface area (Å²) in [7, 11) is 0. The van der Waals surface area contributed by atoms with Gasteiger partial charge >= 0.3 is 29.6 Å². The van der Waals surface area contributed by atoms with Crippen LogP contribution in [0.2, 0.25) is 0 Å². The first-order valence-electron chi connectivity index (χ1n) is 9.24. The van der Waals surface area contributed by atoms with Crippen LogP contribution < -0.4 is 4.74 Å². The van der Waals surface area contributed by atoms with Crippen LogP contribution in [-0.4, -0.2) is 62.6 Å². The molecule has 0 atom stereocenters. The summed E-state index contributed by atoms with van der Waals surface area (Å²) in [6.45, 7) is 7.47. The molecule has 0 amide bonds. The molecule has 1 aromatic carbocycles. The Hall–Kier alpha value is -0.0600. The van der Waals surface area contributed by atoms with E-state index in [0.29, 0.717) is 26.4 Å². The van der Waals surface area contributed by atoms with Crippen LogP contribution in [0.15, 0.2) is 24.3 Å². The van der Waals surface area contributed by atoms with Crippen LogP contribution in [0.4, 0.5) is 0 Å². The van der Waals surface area contributed by atoms with E-state index >= 15 is 0 Å². The van der Waals surface area contributed by atoms with Gasteiger partial charge in [-0.05, 0) is 37.5 Å². The molecule has 0 spiro atoms. The molecule has 0 unspecified atom stereocenters. The first-order valence-corrected chi connectivity index (χ1v) is 9.24. The Morgan fingerprint density at radius 1 is 0.708 bits per heavy atom. The Bertz CT molecular complexity index is 368. The topological polar surface area (TPSA) is 27.7 Å². The van der Waals surface area contributed by atoms with Gasteiger partial charge in [-0.1, -0.05) is 51.2 Å². The number of unbranched alkanes of at least 4 members (excludes halogenated alkanes) is 5. The molecule has 1 aromatic rings. The Morgan fingerprint density at radius 2 is 1.33 bits per heavy atom. The fourth-order valence-corrected chi connectivity index (χ4v) is 2.44. The molecule has 0 bridgehead atoms. The minimum absolute atomic E-state index is 0. The van der Waals surface area contributed by atoms with E-state index in [1.54, 1.807) is 0 Å². The summed E-state index contributed by atoms with van der Waals surface area (Å²) in [4.78, 5) is 0. The third-order valence-corrected chi connectivity index (χ3v) is 3.81. The second-order valence-electron chi connectivity index (χ2n) is 5.82. The Kier molecular flexibility index (Phi) is 17.7. The second kappa shape index (κ2) is 17.8. The molecule has 1 rings (SSSR count). The molecule has 0 heterocycles. The fourth-order valence-electron chi connectivity index (χ4n) is 2.44. The maximum absolute atomic E-state index is 5.67. The van der Waals surface area contributed by atoms with Gasteiger partial charge in [-0.25, -0.2) is 0 Å². The second-order valence-corrected chi connectivity index (χ2v) is 5.82. The third kappa shape index (κ3) is 13.3. The van der Waals surface area contributed by atoms with Gasteiger partial charge in [-0.15, -0.1) is 0 Å². The number of aryl methyl sites for hydroxylation is 1. The van der Waals surface area contributed by atoms with Gasteiger partial charge < -0.3 is 14.2 Å². The molecular weight excluding hydrogens is 311 g/mol. The molecule has 3 nitrogen and oxygen atoms in total. The quantitative estimate of drug-likeness (QED) is 0.349. The van der Waals surface area contributed by atoms with E-state index in [9.17, 15) is 0 Å². The Morgan fingerprint density at radius 3 is 2.04 bits per heavy atom. The summed E-state index contributed by atoms with van der Waals surface area (Å²) in [5.74, 6) is 0.921. The summed E-state index contributed by atoms with van der Waals surface area (Å²) >= 11 is 0. The van der Waals surface area contributed by atoms with Crippen LogP contribution >= 0.6 is 0 Å². The predicted molar refractivity (Wildman–Crippen MR) is 103 cm³/mol. The van der Waals surface area contributed by atoms with Crippen LogP contribution in [0.1, 0.15) is 57.9 Å². The molecule has 0 aliphatic rings. The molecule has 0 fully saturated rings. The van der Waals surface area contributed by atoms with Gasteiger partial charge in [-0.3, -0.25) is 0 Å². The van der Waals surface area contributed by atoms with E-state index in [-0.39, 0.29) is 29.6 Å². The van der Waals surface area contributed by atoms with E-state index in [2.05, 4.69) is 31.2 Å². The van der Waals surface area contributed by atoms with Crippen LogP contribution in [0.5, 0.6) is 5.75 Å². The molecule has 0 saturated carbocycles. The van der Waals surface area contributed by atoms with Crippen molar-refractivity contribution in [1.82, 2.24) is 0 Å². The molecule has 0 N–H and O–H groups in total. The number of hydrogen-bond donors (Lipinski definition) is 0. The van der Waals surface area contributed by atoms with Crippen molar-refractivity contribution in [3.63, 3.8) is 0 Å². The van der Waals surface area contributed by atoms with Crippen molar-refractivity contribution >= 4 is 29.6 Å². The zero-order valence-electron chi connectivity index (χ0n) is 15.0. The van der Waals surface area contributed by atoms with E-state index < -0.39 is 0 Å². The van der Waals surface area contributed by atoms with Crippen molar-refractivity contribution in [2.24, 2.45) is 0 Å². The van der Waals surface area contributed by atoms with Gasteiger partial charge in [0.25, 0.3) is 0 Å². The molecule has 0 radical (unpaired) electrons. The van der Waals surface area contributed by atoms with Crippen molar-refractivity contribution in [3.05, 3.63) is 29.8 Å². The van der Waals surface area contributed by atoms with Crippen molar-refractivity contribution in [2.45, 2.75) is 58.8 Å². The summed E-state index contributed by atoms with van der Waals surface area (Å²) < 4.78 is 16.3. The van der Waals surface area contributed by atoms with E-state index in [1.165, 1.54) is 50.5 Å². The Balaban J connectivity index is 0.00000529. The number of hydrogen-bond acceptors (Lipinski definition) is 3. The number of benzene rings is 1. The average Bonchev–Trinajstić information content (AvgIpc) is 2.58. The standard InChI is InChI=1S/C20H34O3.Na.H/c1-3-5-6-7-8-9-10-19-11-13-20(14-12-19)23-18-17-22-16-15-21-4-2;;/h11-14H,3-10,15-18H2,1-2H3;;. The van der Waals surface area contributed by atoms with Gasteiger partial charge in [0.05, 0.1) is 19.8 Å². The van der Waals surface area contributed by atoms with Gasteiger partial charge in [0.15, 0.2) is 0 Å². The Labute approximate surface area is 170 Å². The zero-order chi connectivity index (χ0) is 16.6. The first-order chi connectivity index (χ1) is 11.4. The van der Waals surface area contributed by atoms with Crippen molar-refractivity contribution in [2.75, 3.05) is 33.0 Å². The fraction of sp³-hybridized carbons (Fsp3) is 0.700. The van der Waals surface area contributed by atoms with Crippen LogP contribution in [0, 0.1) is 0 Å². The van der Waals surface area contributed by atoms with Crippen molar-refractivity contribution < 1.29 is 14.2 Å². The zero-order valence-corrected chi connectivity index (χ0v) is 15.0. The molecule has 4 heteroatoms.